The maximum Gasteiger partial charge on any atom is 0.113 e. The largest absolute Gasteiger partial charge is 0.490 e. The molecule has 0 aliphatic heterocycles. The first-order valence-corrected chi connectivity index (χ1v) is 8.37. The van der Waals surface area contributed by atoms with Crippen LogP contribution in [0.2, 0.25) is 5.02 Å². The topological polar surface area (TPSA) is 37.9 Å². The van der Waals surface area contributed by atoms with Gasteiger partial charge in [0.2, 0.25) is 0 Å². The number of aromatic nitrogens is 2. The molecule has 0 saturated heterocycles. The van der Waals surface area contributed by atoms with Crippen molar-refractivity contribution in [1.29, 1.82) is 0 Å². The van der Waals surface area contributed by atoms with E-state index in [0.717, 1.165) is 28.3 Å². The Labute approximate surface area is 152 Å². The number of hydrogen-bond acceptors (Lipinski definition) is 2. The second-order valence-electron chi connectivity index (χ2n) is 5.71. The maximum absolute atomic E-state index is 5.87. The fourth-order valence-corrected chi connectivity index (χ4v) is 2.47. The summed E-state index contributed by atoms with van der Waals surface area (Å²) < 4.78 is 5.65. The summed E-state index contributed by atoms with van der Waals surface area (Å²) in [6, 6.07) is 16.0. The number of aromatic amines is 1. The van der Waals surface area contributed by atoms with Gasteiger partial charge in [0.05, 0.1) is 6.33 Å². The third kappa shape index (κ3) is 5.37. The Balaban J connectivity index is 1.50. The monoisotopic (exact) mass is 350 g/mol. The predicted octanol–water partition coefficient (Wildman–Crippen LogP) is 5.40. The van der Waals surface area contributed by atoms with Gasteiger partial charge in [-0.25, -0.2) is 4.98 Å². The molecule has 4 heteroatoms. The number of benzene rings is 2. The van der Waals surface area contributed by atoms with Crippen molar-refractivity contribution in [2.45, 2.75) is 13.0 Å². The molecule has 1 aromatic heterocycles. The van der Waals surface area contributed by atoms with Gasteiger partial charge in [0.25, 0.3) is 0 Å². The molecule has 0 saturated carbocycles. The molecule has 2 aromatic carbocycles. The van der Waals surface area contributed by atoms with Crippen LogP contribution in [-0.4, -0.2) is 9.97 Å². The van der Waals surface area contributed by atoms with E-state index in [4.69, 9.17) is 16.3 Å². The molecule has 126 valence electrons. The highest BCUT2D eigenvalue weighted by Gasteiger charge is 1.98. The van der Waals surface area contributed by atoms with Crippen LogP contribution >= 0.6 is 11.6 Å². The summed E-state index contributed by atoms with van der Waals surface area (Å²) in [5.74, 6) is 0.622. The quantitative estimate of drug-likeness (QED) is 0.457. The molecule has 0 radical (unpaired) electrons. The molecule has 0 aliphatic carbocycles. The van der Waals surface area contributed by atoms with Crippen molar-refractivity contribution in [2.75, 3.05) is 0 Å². The zero-order valence-corrected chi connectivity index (χ0v) is 14.5. The first kappa shape index (κ1) is 17.1. The van der Waals surface area contributed by atoms with Crippen LogP contribution < -0.4 is 0 Å². The molecular formula is C21H19ClN2O. The third-order valence-electron chi connectivity index (χ3n) is 3.73. The van der Waals surface area contributed by atoms with Crippen molar-refractivity contribution in [3.05, 3.63) is 107 Å². The Morgan fingerprint density at radius 3 is 2.48 bits per heavy atom. The summed E-state index contributed by atoms with van der Waals surface area (Å²) in [5, 5.41) is 0.721. The van der Waals surface area contributed by atoms with Crippen LogP contribution in [0.3, 0.4) is 0 Å². The summed E-state index contributed by atoms with van der Waals surface area (Å²) in [6.45, 7) is 4.40. The van der Waals surface area contributed by atoms with E-state index in [1.807, 2.05) is 42.6 Å². The number of H-pyrrole nitrogens is 1. The number of hydrogen-bond donors (Lipinski definition) is 1. The Morgan fingerprint density at radius 2 is 1.80 bits per heavy atom. The highest BCUT2D eigenvalue weighted by Crippen LogP contribution is 2.13. The number of rotatable bonds is 7. The minimum Gasteiger partial charge on any atom is -0.490 e. The van der Waals surface area contributed by atoms with Gasteiger partial charge in [-0.15, -0.1) is 0 Å². The fraction of sp³-hybridized carbons (Fsp3) is 0.0952. The molecule has 0 fully saturated rings. The average Bonchev–Trinajstić information content (AvgIpc) is 3.14. The van der Waals surface area contributed by atoms with Crippen LogP contribution in [0.5, 0.6) is 0 Å². The second kappa shape index (κ2) is 8.36. The standard InChI is InChI=1S/C21H19ClN2O/c1-16(25-14-19-8-10-20(22)11-9-19)2-3-17-4-6-18(7-5-17)12-21-13-23-15-24-21/h2-11,13,15H,1,12,14H2,(H,23,24)/b3-2+. The molecule has 3 nitrogen and oxygen atoms in total. The van der Waals surface area contributed by atoms with E-state index in [1.165, 1.54) is 5.56 Å². The lowest BCUT2D eigenvalue weighted by molar-refractivity contribution is 0.213. The molecule has 1 N–H and O–H groups in total. The van der Waals surface area contributed by atoms with Gasteiger partial charge >= 0.3 is 0 Å². The van der Waals surface area contributed by atoms with E-state index in [-0.39, 0.29) is 0 Å². The van der Waals surface area contributed by atoms with Crippen molar-refractivity contribution >= 4 is 17.7 Å². The van der Waals surface area contributed by atoms with Crippen molar-refractivity contribution in [3.8, 4) is 0 Å². The van der Waals surface area contributed by atoms with Crippen LogP contribution in [-0.2, 0) is 17.8 Å². The molecule has 0 atom stereocenters. The van der Waals surface area contributed by atoms with Gasteiger partial charge in [-0.3, -0.25) is 0 Å². The van der Waals surface area contributed by atoms with E-state index in [2.05, 4.69) is 40.8 Å². The van der Waals surface area contributed by atoms with Crippen LogP contribution in [0.4, 0.5) is 0 Å². The number of halogens is 1. The summed E-state index contributed by atoms with van der Waals surface area (Å²) in [4.78, 5) is 7.14. The zero-order valence-electron chi connectivity index (χ0n) is 13.8. The molecule has 3 aromatic rings. The van der Waals surface area contributed by atoms with Crippen molar-refractivity contribution in [1.82, 2.24) is 9.97 Å². The van der Waals surface area contributed by atoms with Gasteiger partial charge in [0, 0.05) is 23.3 Å². The fourth-order valence-electron chi connectivity index (χ4n) is 2.34. The molecule has 25 heavy (non-hydrogen) atoms. The van der Waals surface area contributed by atoms with Gasteiger partial charge in [-0.2, -0.15) is 0 Å². The van der Waals surface area contributed by atoms with E-state index in [9.17, 15) is 0 Å². The molecule has 0 unspecified atom stereocenters. The Kier molecular flexibility index (Phi) is 5.70. The van der Waals surface area contributed by atoms with Gasteiger partial charge in [0.15, 0.2) is 0 Å². The van der Waals surface area contributed by atoms with E-state index < -0.39 is 0 Å². The SMILES string of the molecule is C=C(/C=C/c1ccc(Cc2cnc[nH]2)cc1)OCc1ccc(Cl)cc1. The van der Waals surface area contributed by atoms with E-state index in [0.29, 0.717) is 12.4 Å². The molecule has 0 aliphatic rings. The first-order chi connectivity index (χ1) is 12.2. The summed E-state index contributed by atoms with van der Waals surface area (Å²) in [6.07, 6.45) is 8.25. The lowest BCUT2D eigenvalue weighted by Crippen LogP contribution is -1.90. The number of nitrogens with zero attached hydrogens (tertiary/aromatic N) is 1. The second-order valence-corrected chi connectivity index (χ2v) is 6.15. The lowest BCUT2D eigenvalue weighted by Gasteiger charge is -2.06. The van der Waals surface area contributed by atoms with Gasteiger partial charge in [-0.1, -0.05) is 60.7 Å². The number of nitrogens with one attached hydrogen (secondary N) is 1. The Hall–Kier alpha value is -2.78. The molecule has 1 heterocycles. The van der Waals surface area contributed by atoms with Crippen molar-refractivity contribution in [3.63, 3.8) is 0 Å². The number of ether oxygens (including phenoxy) is 1. The summed E-state index contributed by atoms with van der Waals surface area (Å²) in [7, 11) is 0. The highest BCUT2D eigenvalue weighted by molar-refractivity contribution is 6.30. The van der Waals surface area contributed by atoms with Crippen LogP contribution in [0, 0.1) is 0 Å². The Morgan fingerprint density at radius 1 is 1.08 bits per heavy atom. The first-order valence-electron chi connectivity index (χ1n) is 7.99. The molecule has 3 rings (SSSR count). The van der Waals surface area contributed by atoms with E-state index >= 15 is 0 Å². The van der Waals surface area contributed by atoms with Crippen molar-refractivity contribution < 1.29 is 4.74 Å². The lowest BCUT2D eigenvalue weighted by atomic mass is 10.1. The molecule has 0 amide bonds. The van der Waals surface area contributed by atoms with Gasteiger partial charge < -0.3 is 9.72 Å². The normalized spacial score (nSPS) is 10.9. The van der Waals surface area contributed by atoms with E-state index in [1.54, 1.807) is 6.33 Å². The highest BCUT2D eigenvalue weighted by atomic mass is 35.5. The maximum atomic E-state index is 5.87. The van der Waals surface area contributed by atoms with Crippen molar-refractivity contribution in [2.24, 2.45) is 0 Å². The van der Waals surface area contributed by atoms with Crippen LogP contribution in [0.1, 0.15) is 22.4 Å². The molecule has 0 bridgehead atoms. The summed E-state index contributed by atoms with van der Waals surface area (Å²) in [5.41, 5.74) is 4.50. The minimum atomic E-state index is 0.476. The van der Waals surface area contributed by atoms with Crippen LogP contribution in [0.15, 0.2) is 79.5 Å². The minimum absolute atomic E-state index is 0.476. The smallest absolute Gasteiger partial charge is 0.113 e. The zero-order chi connectivity index (χ0) is 17.5. The van der Waals surface area contributed by atoms with Gasteiger partial charge in [0.1, 0.15) is 12.4 Å². The average molecular weight is 351 g/mol. The molecular weight excluding hydrogens is 332 g/mol. The van der Waals surface area contributed by atoms with Crippen LogP contribution in [0.25, 0.3) is 6.08 Å². The third-order valence-corrected chi connectivity index (χ3v) is 3.98. The summed E-state index contributed by atoms with van der Waals surface area (Å²) >= 11 is 5.87. The number of imidazole rings is 1. The van der Waals surface area contributed by atoms with Gasteiger partial charge in [-0.05, 0) is 34.9 Å². The Bertz CT molecular complexity index is 835. The predicted molar refractivity (Wildman–Crippen MR) is 102 cm³/mol. The molecule has 0 spiro atoms. The number of allylic oxidation sites excluding steroid dienone is 1.